The van der Waals surface area contributed by atoms with Gasteiger partial charge in [0.05, 0.1) is 0 Å². The van der Waals surface area contributed by atoms with Crippen molar-refractivity contribution in [3.05, 3.63) is 74.4 Å². The quantitative estimate of drug-likeness (QED) is 0.456. The van der Waals surface area contributed by atoms with Gasteiger partial charge >= 0.3 is 0 Å². The van der Waals surface area contributed by atoms with Gasteiger partial charge in [-0.3, -0.25) is 4.79 Å². The van der Waals surface area contributed by atoms with E-state index in [1.807, 2.05) is 26.2 Å². The van der Waals surface area contributed by atoms with Crippen LogP contribution in [0.2, 0.25) is 0 Å². The Morgan fingerprint density at radius 2 is 1.32 bits per heavy atom. The van der Waals surface area contributed by atoms with Gasteiger partial charge in [0.25, 0.3) is 0 Å². The molecule has 1 aliphatic carbocycles. The van der Waals surface area contributed by atoms with Crippen molar-refractivity contribution in [2.75, 3.05) is 19.0 Å². The molecule has 0 N–H and O–H groups in total. The molecule has 2 aromatic rings. The monoisotopic (exact) mass is 443 g/mol. The van der Waals surface area contributed by atoms with Crippen LogP contribution < -0.4 is 4.90 Å². The number of halogens is 1. The predicted octanol–water partition coefficient (Wildman–Crippen LogP) is 5.58. The van der Waals surface area contributed by atoms with Gasteiger partial charge in [-0.05, 0) is 89.4 Å². The number of hydrogen-bond donors (Lipinski definition) is 0. The fraction of sp³-hybridized carbons (Fsp3) is 0.227. The molecule has 3 heteroatoms. The van der Waals surface area contributed by atoms with Crippen LogP contribution in [0.5, 0.6) is 0 Å². The summed E-state index contributed by atoms with van der Waals surface area (Å²) in [7, 11) is 4.06. The van der Waals surface area contributed by atoms with E-state index < -0.39 is 0 Å². The number of nitrogens with zero attached hydrogens (tertiary/aromatic N) is 1. The van der Waals surface area contributed by atoms with Gasteiger partial charge in [0.15, 0.2) is 5.78 Å². The van der Waals surface area contributed by atoms with Crippen molar-refractivity contribution in [2.45, 2.75) is 19.3 Å². The van der Waals surface area contributed by atoms with Crippen molar-refractivity contribution in [3.63, 3.8) is 0 Å². The molecular weight excluding hydrogens is 421 g/mol. The predicted molar refractivity (Wildman–Crippen MR) is 115 cm³/mol. The van der Waals surface area contributed by atoms with Gasteiger partial charge in [-0.25, -0.2) is 0 Å². The molecule has 0 aromatic heterocycles. The Kier molecular flexibility index (Phi) is 5.74. The highest BCUT2D eigenvalue weighted by Crippen LogP contribution is 2.28. The van der Waals surface area contributed by atoms with Gasteiger partial charge in [0, 0.05) is 34.5 Å². The van der Waals surface area contributed by atoms with Crippen molar-refractivity contribution >= 4 is 46.2 Å². The van der Waals surface area contributed by atoms with Crippen LogP contribution in [0, 0.1) is 3.57 Å². The molecule has 0 spiro atoms. The lowest BCUT2D eigenvalue weighted by molar-refractivity contribution is -0.112. The van der Waals surface area contributed by atoms with Crippen LogP contribution in [-0.2, 0) is 4.79 Å². The molecule has 0 heterocycles. The second kappa shape index (κ2) is 8.00. The van der Waals surface area contributed by atoms with E-state index in [4.69, 9.17) is 0 Å². The Bertz CT molecular complexity index is 814. The molecular formula is C22H22INO. The first-order valence-electron chi connectivity index (χ1n) is 8.52. The number of hydrogen-bond acceptors (Lipinski definition) is 2. The first-order chi connectivity index (χ1) is 12.0. The maximum atomic E-state index is 12.8. The van der Waals surface area contributed by atoms with Gasteiger partial charge in [-0.2, -0.15) is 0 Å². The lowest BCUT2D eigenvalue weighted by Crippen LogP contribution is -2.12. The number of benzene rings is 2. The van der Waals surface area contributed by atoms with Crippen LogP contribution in [0.3, 0.4) is 0 Å². The Morgan fingerprint density at radius 3 is 1.80 bits per heavy atom. The molecule has 0 radical (unpaired) electrons. The van der Waals surface area contributed by atoms with E-state index in [1.165, 1.54) is 3.57 Å². The molecule has 0 aliphatic heterocycles. The largest absolute Gasteiger partial charge is 0.378 e. The van der Waals surface area contributed by atoms with E-state index in [1.54, 1.807) is 0 Å². The molecule has 0 atom stereocenters. The average Bonchev–Trinajstić information content (AvgIpc) is 2.61. The maximum Gasteiger partial charge on any atom is 0.185 e. The van der Waals surface area contributed by atoms with Gasteiger partial charge in [-0.1, -0.05) is 24.3 Å². The topological polar surface area (TPSA) is 20.3 Å². The van der Waals surface area contributed by atoms with E-state index in [0.717, 1.165) is 47.2 Å². The van der Waals surface area contributed by atoms with E-state index >= 15 is 0 Å². The minimum atomic E-state index is 0.196. The highest BCUT2D eigenvalue weighted by Gasteiger charge is 2.20. The number of rotatable bonds is 3. The van der Waals surface area contributed by atoms with Gasteiger partial charge in [-0.15, -0.1) is 0 Å². The number of carbonyl (C=O) groups excluding carboxylic acids is 1. The molecule has 0 amide bonds. The number of anilines is 1. The smallest absolute Gasteiger partial charge is 0.185 e. The molecule has 0 saturated heterocycles. The third-order valence-corrected chi connectivity index (χ3v) is 5.16. The summed E-state index contributed by atoms with van der Waals surface area (Å²) in [4.78, 5) is 14.9. The van der Waals surface area contributed by atoms with Crippen LogP contribution in [0.25, 0.3) is 12.2 Å². The highest BCUT2D eigenvalue weighted by molar-refractivity contribution is 14.1. The summed E-state index contributed by atoms with van der Waals surface area (Å²) in [6, 6.07) is 16.6. The van der Waals surface area contributed by atoms with Gasteiger partial charge < -0.3 is 4.90 Å². The molecule has 0 unspecified atom stereocenters. The normalized spacial score (nSPS) is 18.0. The zero-order valence-corrected chi connectivity index (χ0v) is 16.8. The molecule has 0 bridgehead atoms. The van der Waals surface area contributed by atoms with Crippen molar-refractivity contribution < 1.29 is 4.79 Å². The standard InChI is InChI=1S/C22H22INO/c1-24(2)21-12-8-17(9-13-21)15-19-5-3-4-18(22(19)25)14-16-6-10-20(23)11-7-16/h6-15H,3-5H2,1-2H3/b18-14+,19-15+. The fourth-order valence-corrected chi connectivity index (χ4v) is 3.37. The number of ketones is 1. The van der Waals surface area contributed by atoms with E-state index in [9.17, 15) is 4.79 Å². The van der Waals surface area contributed by atoms with Crippen LogP contribution in [0.15, 0.2) is 59.7 Å². The SMILES string of the molecule is CN(C)c1ccc(/C=C2\CCC/C(=C\c3ccc(I)cc3)C2=O)cc1. The molecule has 2 nitrogen and oxygen atoms in total. The molecule has 25 heavy (non-hydrogen) atoms. The third-order valence-electron chi connectivity index (χ3n) is 4.44. The number of Topliss-reactive ketones (excluding diaryl/α,β-unsaturated/α-hetero) is 1. The van der Waals surface area contributed by atoms with Crippen LogP contribution in [-0.4, -0.2) is 19.9 Å². The molecule has 2 aromatic carbocycles. The van der Waals surface area contributed by atoms with E-state index in [0.29, 0.717) is 0 Å². The molecule has 1 aliphatic rings. The summed E-state index contributed by atoms with van der Waals surface area (Å²) in [5.74, 6) is 0.196. The molecule has 1 saturated carbocycles. The van der Waals surface area contributed by atoms with E-state index in [-0.39, 0.29) is 5.78 Å². The van der Waals surface area contributed by atoms with Crippen LogP contribution in [0.4, 0.5) is 5.69 Å². The lowest BCUT2D eigenvalue weighted by Gasteiger charge is -2.17. The first-order valence-corrected chi connectivity index (χ1v) is 9.59. The third kappa shape index (κ3) is 4.60. The summed E-state index contributed by atoms with van der Waals surface area (Å²) in [5, 5.41) is 0. The average molecular weight is 443 g/mol. The number of allylic oxidation sites excluding steroid dienone is 2. The van der Waals surface area contributed by atoms with Crippen molar-refractivity contribution in [3.8, 4) is 0 Å². The van der Waals surface area contributed by atoms with Gasteiger partial charge in [0.2, 0.25) is 0 Å². The maximum absolute atomic E-state index is 12.8. The second-order valence-corrected chi connectivity index (χ2v) is 7.80. The summed E-state index contributed by atoms with van der Waals surface area (Å²) in [6.45, 7) is 0. The van der Waals surface area contributed by atoms with Crippen LogP contribution >= 0.6 is 22.6 Å². The Balaban J connectivity index is 1.82. The second-order valence-electron chi connectivity index (χ2n) is 6.56. The Labute approximate surface area is 163 Å². The fourth-order valence-electron chi connectivity index (χ4n) is 3.01. The zero-order chi connectivity index (χ0) is 17.8. The molecule has 128 valence electrons. The molecule has 1 fully saturated rings. The number of carbonyl (C=O) groups is 1. The van der Waals surface area contributed by atoms with Crippen molar-refractivity contribution in [2.24, 2.45) is 0 Å². The summed E-state index contributed by atoms with van der Waals surface area (Å²) in [6.07, 6.45) is 6.84. The summed E-state index contributed by atoms with van der Waals surface area (Å²) in [5.41, 5.74) is 5.19. The Morgan fingerprint density at radius 1 is 0.840 bits per heavy atom. The van der Waals surface area contributed by atoms with Crippen molar-refractivity contribution in [1.82, 2.24) is 0 Å². The molecule has 3 rings (SSSR count). The summed E-state index contributed by atoms with van der Waals surface area (Å²) < 4.78 is 1.21. The van der Waals surface area contributed by atoms with E-state index in [2.05, 4.69) is 76.0 Å². The van der Waals surface area contributed by atoms with Gasteiger partial charge in [0.1, 0.15) is 0 Å². The lowest BCUT2D eigenvalue weighted by atomic mass is 9.87. The minimum absolute atomic E-state index is 0.196. The van der Waals surface area contributed by atoms with Crippen LogP contribution in [0.1, 0.15) is 30.4 Å². The Hall–Kier alpha value is -1.88. The highest BCUT2D eigenvalue weighted by atomic mass is 127. The minimum Gasteiger partial charge on any atom is -0.378 e. The first kappa shape index (κ1) is 17.9. The zero-order valence-electron chi connectivity index (χ0n) is 14.6. The van der Waals surface area contributed by atoms with Crippen molar-refractivity contribution in [1.29, 1.82) is 0 Å². The summed E-state index contributed by atoms with van der Waals surface area (Å²) >= 11 is 2.29.